The zero-order valence-electron chi connectivity index (χ0n) is 13.1. The van der Waals surface area contributed by atoms with Gasteiger partial charge in [-0.15, -0.1) is 22.9 Å². The van der Waals surface area contributed by atoms with Gasteiger partial charge < -0.3 is 5.11 Å². The number of aromatic nitrogens is 1. The molecule has 2 aliphatic rings. The quantitative estimate of drug-likeness (QED) is 0.377. The molecule has 2 bridgehead atoms. The van der Waals surface area contributed by atoms with E-state index in [1.54, 1.807) is 6.07 Å². The molecule has 1 N–H and O–H groups in total. The summed E-state index contributed by atoms with van der Waals surface area (Å²) in [5.41, 5.74) is 2.03. The lowest BCUT2D eigenvalue weighted by molar-refractivity contribution is -0.127. The minimum Gasteiger partial charge on any atom is -0.506 e. The maximum Gasteiger partial charge on any atom is 0.173 e. The number of aliphatic hydroxyl groups excluding tert-OH is 1. The first kappa shape index (κ1) is 15.8. The first-order valence-corrected chi connectivity index (χ1v) is 9.33. The highest BCUT2D eigenvalue weighted by atomic mass is 35.5. The van der Waals surface area contributed by atoms with Crippen molar-refractivity contribution in [3.8, 4) is 0 Å². The number of nitrogens with zero attached hydrogens (tertiary/aromatic N) is 1. The number of fused-ring (bicyclic) bond motifs is 3. The van der Waals surface area contributed by atoms with Crippen LogP contribution in [0.4, 0.5) is 0 Å². The van der Waals surface area contributed by atoms with E-state index in [0.717, 1.165) is 33.6 Å². The van der Waals surface area contributed by atoms with Crippen LogP contribution in [0.3, 0.4) is 0 Å². The largest absolute Gasteiger partial charge is 0.506 e. The van der Waals surface area contributed by atoms with E-state index in [4.69, 9.17) is 11.6 Å². The number of halogens is 1. The second kappa shape index (κ2) is 5.67. The zero-order chi connectivity index (χ0) is 17.0. The van der Waals surface area contributed by atoms with Crippen molar-refractivity contribution in [1.82, 2.24) is 4.98 Å². The first-order chi connectivity index (χ1) is 11.5. The van der Waals surface area contributed by atoms with Gasteiger partial charge in [-0.05, 0) is 43.9 Å². The van der Waals surface area contributed by atoms with E-state index in [0.29, 0.717) is 17.9 Å². The summed E-state index contributed by atoms with van der Waals surface area (Å²) in [6, 6.07) is 3.61. The standard InChI is InChI=1S/C18H16ClNO3S/c1-8-11(4-5-12-15(8)20-13(7-19)24-12)18(23)14-16(21)9-2-3-10(6-9)17(14)22/h4-5,9-10,23H,2-3,6-7H2,1H3. The van der Waals surface area contributed by atoms with E-state index in [-0.39, 0.29) is 34.7 Å². The third-order valence-corrected chi connectivity index (χ3v) is 6.56. The average Bonchev–Trinajstić information content (AvgIpc) is 3.19. The minimum absolute atomic E-state index is 0.0102. The number of carbonyl (C=O) groups is 2. The van der Waals surface area contributed by atoms with E-state index in [9.17, 15) is 14.7 Å². The number of thiazole rings is 1. The summed E-state index contributed by atoms with van der Waals surface area (Å²) in [4.78, 5) is 29.6. The Morgan fingerprint density at radius 3 is 2.58 bits per heavy atom. The monoisotopic (exact) mass is 361 g/mol. The molecule has 0 aliphatic heterocycles. The van der Waals surface area contributed by atoms with Gasteiger partial charge in [0.15, 0.2) is 11.6 Å². The van der Waals surface area contributed by atoms with E-state index in [1.165, 1.54) is 11.3 Å². The predicted octanol–water partition coefficient (Wildman–Crippen LogP) is 4.18. The molecule has 2 atom stereocenters. The van der Waals surface area contributed by atoms with E-state index < -0.39 is 0 Å². The molecule has 4 nitrogen and oxygen atoms in total. The van der Waals surface area contributed by atoms with Crippen molar-refractivity contribution in [2.24, 2.45) is 11.8 Å². The van der Waals surface area contributed by atoms with E-state index >= 15 is 0 Å². The second-order valence-corrected chi connectivity index (χ2v) is 7.87. The van der Waals surface area contributed by atoms with Gasteiger partial charge in [0.1, 0.15) is 16.3 Å². The summed E-state index contributed by atoms with van der Waals surface area (Å²) in [5, 5.41) is 11.5. The highest BCUT2D eigenvalue weighted by Crippen LogP contribution is 2.42. The van der Waals surface area contributed by atoms with Crippen molar-refractivity contribution in [1.29, 1.82) is 0 Å². The number of aliphatic hydroxyl groups is 1. The molecule has 0 amide bonds. The van der Waals surface area contributed by atoms with Gasteiger partial charge in [-0.3, -0.25) is 9.59 Å². The average molecular weight is 362 g/mol. The SMILES string of the molecule is Cc1c(C(O)=C2C(=O)C3CCC(C3)C2=O)ccc2sc(CCl)nc12. The highest BCUT2D eigenvalue weighted by molar-refractivity contribution is 7.18. The van der Waals surface area contributed by atoms with Gasteiger partial charge in [0.25, 0.3) is 0 Å². The molecule has 2 saturated carbocycles. The Hall–Kier alpha value is -1.72. The molecule has 1 aromatic heterocycles. The van der Waals surface area contributed by atoms with Crippen LogP contribution in [0.2, 0.25) is 0 Å². The van der Waals surface area contributed by atoms with Crippen LogP contribution in [0.25, 0.3) is 16.0 Å². The Kier molecular flexibility index (Phi) is 3.73. The Bertz CT molecular complexity index is 890. The fourth-order valence-electron chi connectivity index (χ4n) is 3.84. The molecule has 0 radical (unpaired) electrons. The van der Waals surface area contributed by atoms with Crippen molar-refractivity contribution in [3.63, 3.8) is 0 Å². The Balaban J connectivity index is 1.88. The summed E-state index contributed by atoms with van der Waals surface area (Å²) in [6.07, 6.45) is 2.13. The molecule has 0 spiro atoms. The molecular weight excluding hydrogens is 346 g/mol. The van der Waals surface area contributed by atoms with Gasteiger partial charge in [0.2, 0.25) is 0 Å². The van der Waals surface area contributed by atoms with Crippen molar-refractivity contribution < 1.29 is 14.7 Å². The number of ketones is 2. The van der Waals surface area contributed by atoms with Gasteiger partial charge >= 0.3 is 0 Å². The number of alkyl halides is 1. The van der Waals surface area contributed by atoms with Crippen molar-refractivity contribution >= 4 is 50.5 Å². The first-order valence-electron chi connectivity index (χ1n) is 7.98. The van der Waals surface area contributed by atoms with Crippen LogP contribution in [0.15, 0.2) is 17.7 Å². The van der Waals surface area contributed by atoms with Crippen molar-refractivity contribution in [2.75, 3.05) is 0 Å². The summed E-state index contributed by atoms with van der Waals surface area (Å²) in [5.74, 6) is -0.494. The second-order valence-electron chi connectivity index (χ2n) is 6.49. The third-order valence-electron chi connectivity index (χ3n) is 5.13. The van der Waals surface area contributed by atoms with Crippen LogP contribution in [-0.2, 0) is 15.5 Å². The number of benzene rings is 1. The summed E-state index contributed by atoms with van der Waals surface area (Å²) < 4.78 is 0.978. The molecule has 2 aliphatic carbocycles. The maximum absolute atomic E-state index is 12.6. The molecule has 0 saturated heterocycles. The summed E-state index contributed by atoms with van der Waals surface area (Å²) in [6.45, 7) is 1.85. The molecule has 4 rings (SSSR count). The molecular formula is C18H16ClNO3S. The lowest BCUT2D eigenvalue weighted by Crippen LogP contribution is -2.30. The normalized spacial score (nSPS) is 23.3. The number of carbonyl (C=O) groups excluding carboxylic acids is 2. The van der Waals surface area contributed by atoms with E-state index in [1.807, 2.05) is 13.0 Å². The molecule has 6 heteroatoms. The van der Waals surface area contributed by atoms with Gasteiger partial charge in [-0.2, -0.15) is 0 Å². The van der Waals surface area contributed by atoms with Gasteiger partial charge in [0.05, 0.1) is 16.1 Å². The molecule has 2 fully saturated rings. The lowest BCUT2D eigenvalue weighted by atomic mass is 9.81. The summed E-state index contributed by atoms with van der Waals surface area (Å²) in [7, 11) is 0. The number of rotatable bonds is 2. The predicted molar refractivity (Wildman–Crippen MR) is 94.3 cm³/mol. The van der Waals surface area contributed by atoms with Crippen LogP contribution in [-0.4, -0.2) is 21.7 Å². The summed E-state index contributed by atoms with van der Waals surface area (Å²) >= 11 is 7.36. The van der Waals surface area contributed by atoms with Crippen molar-refractivity contribution in [3.05, 3.63) is 33.8 Å². The lowest BCUT2D eigenvalue weighted by Gasteiger charge is -2.21. The Morgan fingerprint density at radius 2 is 1.96 bits per heavy atom. The topological polar surface area (TPSA) is 67.3 Å². The maximum atomic E-state index is 12.6. The van der Waals surface area contributed by atoms with Crippen LogP contribution < -0.4 is 0 Å². The molecule has 1 aromatic carbocycles. The zero-order valence-corrected chi connectivity index (χ0v) is 14.7. The fourth-order valence-corrected chi connectivity index (χ4v) is 4.94. The number of hydrogen-bond donors (Lipinski definition) is 1. The number of aryl methyl sites for hydroxylation is 1. The van der Waals surface area contributed by atoms with Crippen molar-refractivity contribution in [2.45, 2.75) is 32.1 Å². The third kappa shape index (κ3) is 2.22. The van der Waals surface area contributed by atoms with Gasteiger partial charge in [-0.1, -0.05) is 0 Å². The van der Waals surface area contributed by atoms with E-state index in [2.05, 4.69) is 4.98 Å². The molecule has 124 valence electrons. The molecule has 24 heavy (non-hydrogen) atoms. The minimum atomic E-state index is -0.203. The van der Waals surface area contributed by atoms with Crippen LogP contribution in [0, 0.1) is 18.8 Å². The Morgan fingerprint density at radius 1 is 1.29 bits per heavy atom. The van der Waals surface area contributed by atoms with Gasteiger partial charge in [-0.25, -0.2) is 4.98 Å². The number of hydrogen-bond acceptors (Lipinski definition) is 5. The van der Waals surface area contributed by atoms with Crippen LogP contribution in [0.5, 0.6) is 0 Å². The number of allylic oxidation sites excluding steroid dienone is 1. The van der Waals surface area contributed by atoms with Crippen LogP contribution >= 0.6 is 22.9 Å². The fraction of sp³-hybridized carbons (Fsp3) is 0.389. The molecule has 2 aromatic rings. The molecule has 2 unspecified atom stereocenters. The smallest absolute Gasteiger partial charge is 0.173 e. The molecule has 1 heterocycles. The highest BCUT2D eigenvalue weighted by Gasteiger charge is 2.45. The number of Topliss-reactive ketones (excluding diaryl/α,β-unsaturated/α-hetero) is 2. The van der Waals surface area contributed by atoms with Gasteiger partial charge in [0, 0.05) is 17.4 Å². The Labute approximate surface area is 148 Å². The van der Waals surface area contributed by atoms with Crippen LogP contribution in [0.1, 0.15) is 35.4 Å².